The van der Waals surface area contributed by atoms with E-state index >= 15 is 0 Å². The highest BCUT2D eigenvalue weighted by Gasteiger charge is 2.18. The van der Waals surface area contributed by atoms with E-state index in [1.165, 1.54) is 5.56 Å². The van der Waals surface area contributed by atoms with Crippen molar-refractivity contribution in [1.82, 2.24) is 19.6 Å². The van der Waals surface area contributed by atoms with Crippen LogP contribution >= 0.6 is 0 Å². The van der Waals surface area contributed by atoms with Crippen molar-refractivity contribution < 1.29 is 9.90 Å². The van der Waals surface area contributed by atoms with Gasteiger partial charge in [-0.05, 0) is 32.8 Å². The van der Waals surface area contributed by atoms with Crippen LogP contribution in [0, 0.1) is 6.92 Å². The van der Waals surface area contributed by atoms with Crippen molar-refractivity contribution in [3.05, 3.63) is 53.3 Å². The second-order valence-electron chi connectivity index (χ2n) is 7.46. The monoisotopic (exact) mass is 395 g/mol. The highest BCUT2D eigenvalue weighted by Crippen LogP contribution is 2.24. The molecule has 0 bridgehead atoms. The molecule has 7 nitrogen and oxygen atoms in total. The molecule has 0 aliphatic heterocycles. The topological polar surface area (TPSA) is 85.0 Å². The highest BCUT2D eigenvalue weighted by atomic mass is 16.3. The van der Waals surface area contributed by atoms with Gasteiger partial charge in [0.05, 0.1) is 30.1 Å². The van der Waals surface area contributed by atoms with Gasteiger partial charge in [-0.2, -0.15) is 10.2 Å². The maximum atomic E-state index is 12.8. The number of aliphatic hydroxyl groups is 1. The quantitative estimate of drug-likeness (QED) is 0.607. The van der Waals surface area contributed by atoms with Crippen molar-refractivity contribution in [1.29, 1.82) is 0 Å². The lowest BCUT2D eigenvalue weighted by molar-refractivity contribution is 0.102. The van der Waals surface area contributed by atoms with Crippen molar-refractivity contribution in [3.63, 3.8) is 0 Å². The first-order valence-corrected chi connectivity index (χ1v) is 10.1. The number of aryl methyl sites for hydroxylation is 2. The van der Waals surface area contributed by atoms with Crippen LogP contribution in [0.5, 0.6) is 0 Å². The largest absolute Gasteiger partial charge is 0.394 e. The van der Waals surface area contributed by atoms with Crippen molar-refractivity contribution in [2.24, 2.45) is 0 Å². The fraction of sp³-hybridized carbons (Fsp3) is 0.409. The van der Waals surface area contributed by atoms with Gasteiger partial charge < -0.3 is 10.4 Å². The molecule has 1 aromatic carbocycles. The molecule has 1 amide bonds. The van der Waals surface area contributed by atoms with E-state index in [4.69, 9.17) is 0 Å². The normalized spacial score (nSPS) is 11.2. The van der Waals surface area contributed by atoms with Crippen LogP contribution in [-0.4, -0.2) is 37.2 Å². The molecule has 29 heavy (non-hydrogen) atoms. The Morgan fingerprint density at radius 3 is 2.52 bits per heavy atom. The van der Waals surface area contributed by atoms with E-state index in [1.54, 1.807) is 15.6 Å². The van der Waals surface area contributed by atoms with Crippen molar-refractivity contribution in [2.75, 3.05) is 11.9 Å². The molecule has 3 rings (SSSR count). The maximum absolute atomic E-state index is 12.8. The van der Waals surface area contributed by atoms with Crippen LogP contribution in [0.2, 0.25) is 0 Å². The highest BCUT2D eigenvalue weighted by molar-refractivity contribution is 6.04. The van der Waals surface area contributed by atoms with Crippen molar-refractivity contribution in [3.8, 4) is 11.3 Å². The molecule has 154 valence electrons. The van der Waals surface area contributed by atoms with Crippen LogP contribution in [0.1, 0.15) is 54.8 Å². The summed E-state index contributed by atoms with van der Waals surface area (Å²) in [6.07, 6.45) is 3.91. The number of anilines is 1. The molecule has 0 unspecified atom stereocenters. The average Bonchev–Trinajstić information content (AvgIpc) is 3.27. The first-order valence-electron chi connectivity index (χ1n) is 10.1. The molecule has 0 atom stereocenters. The second kappa shape index (κ2) is 9.05. The Morgan fingerprint density at radius 1 is 1.21 bits per heavy atom. The van der Waals surface area contributed by atoms with Gasteiger partial charge in [0.1, 0.15) is 5.82 Å². The zero-order chi connectivity index (χ0) is 21.0. The first-order chi connectivity index (χ1) is 13.9. The predicted octanol–water partition coefficient (Wildman–Crippen LogP) is 3.83. The summed E-state index contributed by atoms with van der Waals surface area (Å²) in [6.45, 7) is 8.25. The average molecular weight is 396 g/mol. The summed E-state index contributed by atoms with van der Waals surface area (Å²) < 4.78 is 3.40. The van der Waals surface area contributed by atoms with Crippen LogP contribution in [-0.2, 0) is 13.0 Å². The molecule has 7 heteroatoms. The summed E-state index contributed by atoms with van der Waals surface area (Å²) in [6, 6.07) is 10.3. The van der Waals surface area contributed by atoms with Crippen molar-refractivity contribution in [2.45, 2.75) is 53.1 Å². The lowest BCUT2D eigenvalue weighted by Crippen LogP contribution is -2.17. The number of aromatic nitrogens is 4. The molecule has 2 aromatic heterocycles. The van der Waals surface area contributed by atoms with Gasteiger partial charge in [0, 0.05) is 23.9 Å². The van der Waals surface area contributed by atoms with Crippen LogP contribution in [0.15, 0.2) is 36.5 Å². The third-order valence-corrected chi connectivity index (χ3v) is 4.81. The number of amides is 1. The summed E-state index contributed by atoms with van der Waals surface area (Å²) in [7, 11) is 0. The smallest absolute Gasteiger partial charge is 0.260 e. The molecule has 0 fully saturated rings. The van der Waals surface area contributed by atoms with E-state index < -0.39 is 0 Å². The van der Waals surface area contributed by atoms with Gasteiger partial charge in [0.2, 0.25) is 0 Å². The zero-order valence-corrected chi connectivity index (χ0v) is 17.5. The van der Waals surface area contributed by atoms with Gasteiger partial charge in [0.15, 0.2) is 0 Å². The molecule has 2 heterocycles. The lowest BCUT2D eigenvalue weighted by Gasteiger charge is -2.07. The van der Waals surface area contributed by atoms with Gasteiger partial charge in [-0.1, -0.05) is 37.6 Å². The Kier molecular flexibility index (Phi) is 6.49. The van der Waals surface area contributed by atoms with Gasteiger partial charge >= 0.3 is 0 Å². The number of carbonyl (C=O) groups excluding carboxylic acids is 1. The first kappa shape index (κ1) is 20.8. The number of hydrogen-bond acceptors (Lipinski definition) is 4. The Balaban J connectivity index is 1.86. The molecule has 0 saturated carbocycles. The van der Waals surface area contributed by atoms with E-state index in [0.717, 1.165) is 24.1 Å². The standard InChI is InChI=1S/C22H29N5O2/c1-5-6-17-7-9-18(10-8-17)20-13-21(26(25-20)11-12-28)23-22(29)19-14-27(15(2)3)24-16(19)4/h7-10,13-15,28H,5-6,11-12H2,1-4H3,(H,23,29). The Morgan fingerprint density at radius 2 is 1.93 bits per heavy atom. The van der Waals surface area contributed by atoms with E-state index in [-0.39, 0.29) is 18.6 Å². The summed E-state index contributed by atoms with van der Waals surface area (Å²) in [5.74, 6) is 0.312. The fourth-order valence-electron chi connectivity index (χ4n) is 3.21. The Bertz CT molecular complexity index is 970. The number of rotatable bonds is 8. The third-order valence-electron chi connectivity index (χ3n) is 4.81. The fourth-order valence-corrected chi connectivity index (χ4v) is 3.21. The maximum Gasteiger partial charge on any atom is 0.260 e. The van der Waals surface area contributed by atoms with Gasteiger partial charge in [0.25, 0.3) is 5.91 Å². The minimum absolute atomic E-state index is 0.0657. The van der Waals surface area contributed by atoms with E-state index in [9.17, 15) is 9.90 Å². The Labute approximate surface area is 171 Å². The number of nitrogens with zero attached hydrogens (tertiary/aromatic N) is 4. The zero-order valence-electron chi connectivity index (χ0n) is 17.5. The van der Waals surface area contributed by atoms with Crippen LogP contribution in [0.4, 0.5) is 5.82 Å². The number of benzene rings is 1. The second-order valence-corrected chi connectivity index (χ2v) is 7.46. The molecule has 2 N–H and O–H groups in total. The molecular weight excluding hydrogens is 366 g/mol. The minimum atomic E-state index is -0.238. The minimum Gasteiger partial charge on any atom is -0.394 e. The van der Waals surface area contributed by atoms with Crippen LogP contribution in [0.3, 0.4) is 0 Å². The Hall–Kier alpha value is -2.93. The molecule has 0 saturated heterocycles. The number of carbonyl (C=O) groups is 1. The van der Waals surface area contributed by atoms with Crippen molar-refractivity contribution >= 4 is 11.7 Å². The predicted molar refractivity (Wildman–Crippen MR) is 114 cm³/mol. The molecule has 3 aromatic rings. The third kappa shape index (κ3) is 4.74. The lowest BCUT2D eigenvalue weighted by atomic mass is 10.1. The molecule has 0 aliphatic rings. The van der Waals surface area contributed by atoms with E-state index in [0.29, 0.717) is 23.6 Å². The molecule has 0 radical (unpaired) electrons. The van der Waals surface area contributed by atoms with E-state index in [2.05, 4.69) is 34.6 Å². The van der Waals surface area contributed by atoms with Gasteiger partial charge in [-0.25, -0.2) is 4.68 Å². The van der Waals surface area contributed by atoms with E-state index in [1.807, 2.05) is 39.0 Å². The SMILES string of the molecule is CCCc1ccc(-c2cc(NC(=O)c3cn(C(C)C)nc3C)n(CCO)n2)cc1. The molecule has 0 spiro atoms. The summed E-state index contributed by atoms with van der Waals surface area (Å²) in [5.41, 5.74) is 4.22. The molecular formula is C22H29N5O2. The summed E-state index contributed by atoms with van der Waals surface area (Å²) in [4.78, 5) is 12.8. The van der Waals surface area contributed by atoms with Crippen LogP contribution < -0.4 is 5.32 Å². The molecule has 0 aliphatic carbocycles. The number of nitrogens with one attached hydrogen (secondary N) is 1. The van der Waals surface area contributed by atoms with Gasteiger partial charge in [-0.3, -0.25) is 9.48 Å². The number of aliphatic hydroxyl groups excluding tert-OH is 1. The van der Waals surface area contributed by atoms with Gasteiger partial charge in [-0.15, -0.1) is 0 Å². The number of hydrogen-bond donors (Lipinski definition) is 2. The van der Waals surface area contributed by atoms with Crippen LogP contribution in [0.25, 0.3) is 11.3 Å². The summed E-state index contributed by atoms with van der Waals surface area (Å²) >= 11 is 0. The summed E-state index contributed by atoms with van der Waals surface area (Å²) in [5, 5.41) is 21.3.